The average Bonchev–Trinajstić information content (AvgIpc) is 2.91. The van der Waals surface area contributed by atoms with Crippen LogP contribution in [0.4, 0.5) is 5.95 Å². The van der Waals surface area contributed by atoms with Crippen LogP contribution in [0.1, 0.15) is 19.8 Å². The van der Waals surface area contributed by atoms with E-state index in [0.29, 0.717) is 37.8 Å². The van der Waals surface area contributed by atoms with E-state index in [-0.39, 0.29) is 5.28 Å². The second kappa shape index (κ2) is 4.99. The molecule has 2 aromatic heterocycles. The molecule has 0 radical (unpaired) electrons. The second-order valence-corrected chi connectivity index (χ2v) is 5.48. The van der Waals surface area contributed by atoms with Crippen molar-refractivity contribution < 1.29 is 5.11 Å². The lowest BCUT2D eigenvalue weighted by Crippen LogP contribution is -2.43. The molecule has 8 heteroatoms. The third-order valence-electron chi connectivity index (χ3n) is 3.42. The lowest BCUT2D eigenvalue weighted by molar-refractivity contribution is 0.0349. The molecule has 0 saturated carbocycles. The SMILES string of the molecule is CC1(O)CCN(c2nc(Cl)nc(-n3cccn3)n2)CC1. The van der Waals surface area contributed by atoms with Gasteiger partial charge in [0.25, 0.3) is 5.95 Å². The summed E-state index contributed by atoms with van der Waals surface area (Å²) in [4.78, 5) is 14.6. The van der Waals surface area contributed by atoms with E-state index in [1.54, 1.807) is 18.5 Å². The summed E-state index contributed by atoms with van der Waals surface area (Å²) < 4.78 is 1.54. The van der Waals surface area contributed by atoms with Crippen LogP contribution in [0.5, 0.6) is 0 Å². The summed E-state index contributed by atoms with van der Waals surface area (Å²) >= 11 is 5.96. The fourth-order valence-corrected chi connectivity index (χ4v) is 2.30. The molecule has 1 saturated heterocycles. The molecule has 0 aromatic carbocycles. The lowest BCUT2D eigenvalue weighted by atomic mass is 9.94. The summed E-state index contributed by atoms with van der Waals surface area (Å²) in [6.45, 7) is 3.22. The summed E-state index contributed by atoms with van der Waals surface area (Å²) in [5.74, 6) is 0.910. The summed E-state index contributed by atoms with van der Waals surface area (Å²) in [6.07, 6.45) is 4.74. The molecule has 1 aliphatic rings. The number of aromatic nitrogens is 5. The van der Waals surface area contributed by atoms with E-state index in [4.69, 9.17) is 11.6 Å². The highest BCUT2D eigenvalue weighted by Crippen LogP contribution is 2.24. The van der Waals surface area contributed by atoms with Crippen molar-refractivity contribution in [3.63, 3.8) is 0 Å². The topological polar surface area (TPSA) is 80.0 Å². The molecule has 2 aromatic rings. The summed E-state index contributed by atoms with van der Waals surface area (Å²) in [6, 6.07) is 1.79. The Morgan fingerprint density at radius 1 is 1.20 bits per heavy atom. The molecule has 0 unspecified atom stereocenters. The number of hydrogen-bond donors (Lipinski definition) is 1. The first-order chi connectivity index (χ1) is 9.53. The number of aliphatic hydroxyl groups is 1. The van der Waals surface area contributed by atoms with Gasteiger partial charge in [-0.15, -0.1) is 0 Å². The van der Waals surface area contributed by atoms with Gasteiger partial charge in [0.15, 0.2) is 0 Å². The third-order valence-corrected chi connectivity index (χ3v) is 3.59. The van der Waals surface area contributed by atoms with Crippen LogP contribution in [-0.4, -0.2) is 48.5 Å². The van der Waals surface area contributed by atoms with E-state index in [2.05, 4.69) is 20.1 Å². The number of piperidine rings is 1. The minimum atomic E-state index is -0.613. The Morgan fingerprint density at radius 2 is 1.90 bits per heavy atom. The molecule has 0 spiro atoms. The van der Waals surface area contributed by atoms with Crippen LogP contribution in [0.3, 0.4) is 0 Å². The summed E-state index contributed by atoms with van der Waals surface area (Å²) in [7, 11) is 0. The van der Waals surface area contributed by atoms with Crippen molar-refractivity contribution in [1.82, 2.24) is 24.7 Å². The van der Waals surface area contributed by atoms with Crippen LogP contribution in [0.25, 0.3) is 5.95 Å². The molecule has 1 aliphatic heterocycles. The first-order valence-electron chi connectivity index (χ1n) is 6.42. The Hall–Kier alpha value is -1.73. The maximum absolute atomic E-state index is 9.98. The van der Waals surface area contributed by atoms with E-state index in [1.807, 2.05) is 11.8 Å². The summed E-state index contributed by atoms with van der Waals surface area (Å²) in [5, 5.41) is 14.2. The fraction of sp³-hybridized carbons (Fsp3) is 0.500. The van der Waals surface area contributed by atoms with Gasteiger partial charge >= 0.3 is 0 Å². The second-order valence-electron chi connectivity index (χ2n) is 5.14. The largest absolute Gasteiger partial charge is 0.390 e. The first-order valence-corrected chi connectivity index (χ1v) is 6.80. The van der Waals surface area contributed by atoms with Crippen molar-refractivity contribution in [2.45, 2.75) is 25.4 Å². The third kappa shape index (κ3) is 2.73. The van der Waals surface area contributed by atoms with Crippen LogP contribution in [-0.2, 0) is 0 Å². The van der Waals surface area contributed by atoms with Crippen molar-refractivity contribution in [3.8, 4) is 5.95 Å². The van der Waals surface area contributed by atoms with Gasteiger partial charge in [-0.25, -0.2) is 4.68 Å². The van der Waals surface area contributed by atoms with Gasteiger partial charge in [-0.3, -0.25) is 0 Å². The molecular formula is C12H15ClN6O. The molecule has 0 bridgehead atoms. The molecule has 3 rings (SSSR count). The predicted molar refractivity (Wildman–Crippen MR) is 74.0 cm³/mol. The molecule has 0 aliphatic carbocycles. The quantitative estimate of drug-likeness (QED) is 0.892. The van der Waals surface area contributed by atoms with Crippen molar-refractivity contribution >= 4 is 17.5 Å². The Balaban J connectivity index is 1.87. The van der Waals surface area contributed by atoms with Gasteiger partial charge in [0.05, 0.1) is 5.60 Å². The van der Waals surface area contributed by atoms with Crippen LogP contribution in [0.15, 0.2) is 18.5 Å². The predicted octanol–water partition coefficient (Wildman–Crippen LogP) is 1.06. The monoisotopic (exact) mass is 294 g/mol. The highest BCUT2D eigenvalue weighted by atomic mass is 35.5. The zero-order valence-corrected chi connectivity index (χ0v) is 11.8. The van der Waals surface area contributed by atoms with Crippen LogP contribution in [0.2, 0.25) is 5.28 Å². The number of nitrogens with zero attached hydrogens (tertiary/aromatic N) is 6. The van der Waals surface area contributed by atoms with Gasteiger partial charge in [-0.2, -0.15) is 20.1 Å². The van der Waals surface area contributed by atoms with Crippen molar-refractivity contribution in [1.29, 1.82) is 0 Å². The maximum atomic E-state index is 9.98. The highest BCUT2D eigenvalue weighted by Gasteiger charge is 2.28. The van der Waals surface area contributed by atoms with E-state index in [1.165, 1.54) is 4.68 Å². The molecule has 106 valence electrons. The zero-order chi connectivity index (χ0) is 14.2. The molecule has 20 heavy (non-hydrogen) atoms. The van der Waals surface area contributed by atoms with Crippen LogP contribution in [0, 0.1) is 0 Å². The molecule has 3 heterocycles. The van der Waals surface area contributed by atoms with Crippen molar-refractivity contribution in [2.24, 2.45) is 0 Å². The Bertz CT molecular complexity index is 590. The Kier molecular flexibility index (Phi) is 3.31. The molecule has 0 amide bonds. The molecular weight excluding hydrogens is 280 g/mol. The summed E-state index contributed by atoms with van der Waals surface area (Å²) in [5.41, 5.74) is -0.613. The van der Waals surface area contributed by atoms with Gasteiger partial charge in [0, 0.05) is 25.5 Å². The van der Waals surface area contributed by atoms with Gasteiger partial charge < -0.3 is 10.0 Å². The zero-order valence-electron chi connectivity index (χ0n) is 11.1. The standard InChI is InChI=1S/C12H15ClN6O/c1-12(20)3-7-18(8-4-12)10-15-9(13)16-11(17-10)19-6-2-5-14-19/h2,5-6,20H,3-4,7-8H2,1H3. The molecule has 0 atom stereocenters. The first kappa shape index (κ1) is 13.3. The minimum absolute atomic E-state index is 0.137. The minimum Gasteiger partial charge on any atom is -0.390 e. The van der Waals surface area contributed by atoms with Crippen molar-refractivity contribution in [3.05, 3.63) is 23.7 Å². The van der Waals surface area contributed by atoms with Gasteiger partial charge in [0.1, 0.15) is 0 Å². The van der Waals surface area contributed by atoms with Crippen LogP contribution >= 0.6 is 11.6 Å². The van der Waals surface area contributed by atoms with Gasteiger partial charge in [0.2, 0.25) is 11.2 Å². The van der Waals surface area contributed by atoms with E-state index in [0.717, 1.165) is 0 Å². The van der Waals surface area contributed by atoms with Gasteiger partial charge in [-0.05, 0) is 37.4 Å². The lowest BCUT2D eigenvalue weighted by Gasteiger charge is -2.35. The number of anilines is 1. The van der Waals surface area contributed by atoms with Crippen LogP contribution < -0.4 is 4.90 Å². The Labute approximate surface area is 121 Å². The Morgan fingerprint density at radius 3 is 2.55 bits per heavy atom. The van der Waals surface area contributed by atoms with E-state index < -0.39 is 5.60 Å². The molecule has 1 fully saturated rings. The smallest absolute Gasteiger partial charge is 0.256 e. The number of rotatable bonds is 2. The van der Waals surface area contributed by atoms with Crippen molar-refractivity contribution in [2.75, 3.05) is 18.0 Å². The van der Waals surface area contributed by atoms with E-state index >= 15 is 0 Å². The average molecular weight is 295 g/mol. The van der Waals surface area contributed by atoms with E-state index in [9.17, 15) is 5.11 Å². The fourth-order valence-electron chi connectivity index (χ4n) is 2.15. The normalized spacial score (nSPS) is 18.2. The number of halogens is 1. The molecule has 1 N–H and O–H groups in total. The maximum Gasteiger partial charge on any atom is 0.256 e. The molecule has 7 nitrogen and oxygen atoms in total. The number of hydrogen-bond acceptors (Lipinski definition) is 6. The van der Waals surface area contributed by atoms with Gasteiger partial charge in [-0.1, -0.05) is 0 Å². The highest BCUT2D eigenvalue weighted by molar-refractivity contribution is 6.28.